The van der Waals surface area contributed by atoms with Crippen molar-refractivity contribution in [1.82, 2.24) is 14.9 Å². The Bertz CT molecular complexity index is 999. The number of hydrogen-bond acceptors (Lipinski definition) is 5. The minimum absolute atomic E-state index is 0.0590. The molecule has 1 aliphatic heterocycles. The van der Waals surface area contributed by atoms with Gasteiger partial charge in [0, 0.05) is 42.3 Å². The maximum atomic E-state index is 12.8. The van der Waals surface area contributed by atoms with E-state index in [0.717, 1.165) is 5.82 Å². The van der Waals surface area contributed by atoms with Crippen LogP contribution >= 0.6 is 11.6 Å². The summed E-state index contributed by atoms with van der Waals surface area (Å²) in [4.78, 5) is 25.4. The van der Waals surface area contributed by atoms with Crippen molar-refractivity contribution in [1.29, 1.82) is 0 Å². The van der Waals surface area contributed by atoms with Crippen LogP contribution in [0.4, 0.5) is 5.82 Å². The summed E-state index contributed by atoms with van der Waals surface area (Å²) in [5.74, 6) is 1.91. The number of carbonyl (C=O) groups is 1. The van der Waals surface area contributed by atoms with E-state index >= 15 is 0 Å². The molecule has 0 radical (unpaired) electrons. The normalized spacial score (nSPS) is 16.6. The van der Waals surface area contributed by atoms with Gasteiger partial charge in [0.2, 0.25) is 5.88 Å². The van der Waals surface area contributed by atoms with E-state index in [2.05, 4.69) is 21.8 Å². The second kappa shape index (κ2) is 8.49. The maximum Gasteiger partial charge on any atom is 0.254 e. The van der Waals surface area contributed by atoms with Crippen molar-refractivity contribution in [2.75, 3.05) is 24.5 Å². The van der Waals surface area contributed by atoms with Crippen molar-refractivity contribution >= 4 is 23.3 Å². The fraction of sp³-hybridized carbons (Fsp3) is 0.227. The van der Waals surface area contributed by atoms with Crippen LogP contribution in [0.25, 0.3) is 0 Å². The fourth-order valence-electron chi connectivity index (χ4n) is 3.42. The van der Waals surface area contributed by atoms with Gasteiger partial charge in [-0.05, 0) is 37.3 Å². The number of nitrogens with zero attached hydrogens (tertiary/aromatic N) is 4. The first-order valence-electron chi connectivity index (χ1n) is 9.46. The Morgan fingerprint density at radius 2 is 1.90 bits per heavy atom. The van der Waals surface area contributed by atoms with E-state index in [-0.39, 0.29) is 11.9 Å². The molecule has 7 heteroatoms. The molecule has 6 nitrogen and oxygen atoms in total. The summed E-state index contributed by atoms with van der Waals surface area (Å²) < 4.78 is 5.81. The highest BCUT2D eigenvalue weighted by molar-refractivity contribution is 6.30. The molecular formula is C22H21ClN4O2. The number of anilines is 1. The van der Waals surface area contributed by atoms with Gasteiger partial charge < -0.3 is 14.5 Å². The van der Waals surface area contributed by atoms with Gasteiger partial charge in [0.05, 0.1) is 0 Å². The van der Waals surface area contributed by atoms with Gasteiger partial charge in [-0.25, -0.2) is 9.97 Å². The van der Waals surface area contributed by atoms with Gasteiger partial charge >= 0.3 is 0 Å². The molecule has 4 rings (SSSR count). The molecule has 1 aliphatic rings. The van der Waals surface area contributed by atoms with Crippen LogP contribution in [0.2, 0.25) is 5.02 Å². The lowest BCUT2D eigenvalue weighted by atomic mass is 10.1. The Kier molecular flexibility index (Phi) is 5.62. The van der Waals surface area contributed by atoms with Crippen LogP contribution in [0.5, 0.6) is 11.6 Å². The predicted molar refractivity (Wildman–Crippen MR) is 113 cm³/mol. The molecule has 2 aromatic carbocycles. The second-order valence-electron chi connectivity index (χ2n) is 6.93. The molecule has 0 spiro atoms. The summed E-state index contributed by atoms with van der Waals surface area (Å²) in [6, 6.07) is 18.4. The summed E-state index contributed by atoms with van der Waals surface area (Å²) >= 11 is 6.01. The van der Waals surface area contributed by atoms with E-state index in [1.165, 1.54) is 6.33 Å². The summed E-state index contributed by atoms with van der Waals surface area (Å²) in [6.45, 7) is 4.06. The Morgan fingerprint density at radius 1 is 1.07 bits per heavy atom. The lowest BCUT2D eigenvalue weighted by molar-refractivity contribution is 0.0673. The van der Waals surface area contributed by atoms with Crippen LogP contribution in [0.15, 0.2) is 67.0 Å². The van der Waals surface area contributed by atoms with Crippen LogP contribution < -0.4 is 9.64 Å². The minimum atomic E-state index is 0.0590. The number of rotatable bonds is 4. The number of halogens is 1. The number of ether oxygens (including phenoxy) is 1. The van der Waals surface area contributed by atoms with Crippen molar-refractivity contribution in [2.24, 2.45) is 0 Å². The van der Waals surface area contributed by atoms with Crippen molar-refractivity contribution in [2.45, 2.75) is 13.0 Å². The highest BCUT2D eigenvalue weighted by Crippen LogP contribution is 2.26. The van der Waals surface area contributed by atoms with Gasteiger partial charge in [-0.2, -0.15) is 0 Å². The van der Waals surface area contributed by atoms with E-state index in [9.17, 15) is 4.79 Å². The van der Waals surface area contributed by atoms with E-state index in [0.29, 0.717) is 41.8 Å². The molecule has 0 bridgehead atoms. The summed E-state index contributed by atoms with van der Waals surface area (Å²) in [7, 11) is 0. The Balaban J connectivity index is 1.44. The average molecular weight is 409 g/mol. The number of piperazine rings is 1. The molecule has 1 fully saturated rings. The third kappa shape index (κ3) is 4.49. The number of carbonyl (C=O) groups excluding carboxylic acids is 1. The Labute approximate surface area is 174 Å². The number of amides is 1. The molecule has 29 heavy (non-hydrogen) atoms. The predicted octanol–water partition coefficient (Wildman–Crippen LogP) is 4.27. The fourth-order valence-corrected chi connectivity index (χ4v) is 3.60. The largest absolute Gasteiger partial charge is 0.439 e. The maximum absolute atomic E-state index is 12.8. The third-order valence-corrected chi connectivity index (χ3v) is 5.11. The summed E-state index contributed by atoms with van der Waals surface area (Å²) in [6.07, 6.45) is 1.49. The van der Waals surface area contributed by atoms with E-state index < -0.39 is 0 Å². The number of benzene rings is 2. The van der Waals surface area contributed by atoms with Crippen LogP contribution in [0, 0.1) is 0 Å². The third-order valence-electron chi connectivity index (χ3n) is 4.88. The molecule has 0 aliphatic carbocycles. The smallest absolute Gasteiger partial charge is 0.254 e. The zero-order valence-corrected chi connectivity index (χ0v) is 16.8. The Hall–Kier alpha value is -3.12. The van der Waals surface area contributed by atoms with Gasteiger partial charge in [0.15, 0.2) is 0 Å². The van der Waals surface area contributed by atoms with E-state index in [4.69, 9.17) is 16.3 Å². The monoisotopic (exact) mass is 408 g/mol. The number of hydrogen-bond donors (Lipinski definition) is 0. The topological polar surface area (TPSA) is 58.6 Å². The summed E-state index contributed by atoms with van der Waals surface area (Å²) in [5, 5.41) is 0.602. The first kappa shape index (κ1) is 19.2. The number of aromatic nitrogens is 2. The zero-order valence-electron chi connectivity index (χ0n) is 16.0. The standard InChI is InChI=1S/C22H21ClN4O2/c1-16-14-26(10-11-27(16)22(28)17-6-3-2-4-7-17)20-13-21(25-15-24-20)29-19-9-5-8-18(23)12-19/h2-9,12-13,15-16H,10-11,14H2,1H3/t16-/m0/s1. The first-order valence-corrected chi connectivity index (χ1v) is 9.84. The highest BCUT2D eigenvalue weighted by atomic mass is 35.5. The quantitative estimate of drug-likeness (QED) is 0.645. The van der Waals surface area contributed by atoms with Gasteiger partial charge in [0.1, 0.15) is 17.9 Å². The van der Waals surface area contributed by atoms with E-state index in [1.807, 2.05) is 53.4 Å². The molecule has 0 unspecified atom stereocenters. The van der Waals surface area contributed by atoms with Crippen LogP contribution in [0.1, 0.15) is 17.3 Å². The molecule has 0 N–H and O–H groups in total. The van der Waals surface area contributed by atoms with Gasteiger partial charge in [-0.3, -0.25) is 4.79 Å². The van der Waals surface area contributed by atoms with Crippen molar-refractivity contribution < 1.29 is 9.53 Å². The molecule has 2 heterocycles. The average Bonchev–Trinajstić information content (AvgIpc) is 2.74. The molecule has 1 amide bonds. The molecule has 0 saturated carbocycles. The second-order valence-corrected chi connectivity index (χ2v) is 7.37. The molecule has 1 saturated heterocycles. The SMILES string of the molecule is C[C@H]1CN(c2cc(Oc3cccc(Cl)c3)ncn2)CCN1C(=O)c1ccccc1. The molecule has 1 atom stereocenters. The van der Waals surface area contributed by atoms with Crippen molar-refractivity contribution in [3.8, 4) is 11.6 Å². The van der Waals surface area contributed by atoms with Gasteiger partial charge in [-0.15, -0.1) is 0 Å². The molecule has 3 aromatic rings. The lowest BCUT2D eigenvalue weighted by Crippen LogP contribution is -2.54. The van der Waals surface area contributed by atoms with E-state index in [1.54, 1.807) is 12.1 Å². The lowest BCUT2D eigenvalue weighted by Gasteiger charge is -2.40. The van der Waals surface area contributed by atoms with Gasteiger partial charge in [0.25, 0.3) is 5.91 Å². The van der Waals surface area contributed by atoms with Crippen LogP contribution in [0.3, 0.4) is 0 Å². The Morgan fingerprint density at radius 3 is 2.66 bits per heavy atom. The molecule has 148 valence electrons. The molecule has 1 aromatic heterocycles. The molecular weight excluding hydrogens is 388 g/mol. The van der Waals surface area contributed by atoms with Crippen molar-refractivity contribution in [3.63, 3.8) is 0 Å². The van der Waals surface area contributed by atoms with Crippen LogP contribution in [-0.4, -0.2) is 46.5 Å². The first-order chi connectivity index (χ1) is 14.1. The van der Waals surface area contributed by atoms with Gasteiger partial charge in [-0.1, -0.05) is 35.9 Å². The summed E-state index contributed by atoms with van der Waals surface area (Å²) in [5.41, 5.74) is 0.715. The zero-order chi connectivity index (χ0) is 20.2. The highest BCUT2D eigenvalue weighted by Gasteiger charge is 2.28. The minimum Gasteiger partial charge on any atom is -0.439 e. The van der Waals surface area contributed by atoms with Crippen molar-refractivity contribution in [3.05, 3.63) is 77.6 Å². The van der Waals surface area contributed by atoms with Crippen LogP contribution in [-0.2, 0) is 0 Å².